The molecular weight excluding hydrogens is 260 g/mol. The first-order valence-electron chi connectivity index (χ1n) is 6.77. The largest absolute Gasteiger partial charge is 0.322 e. The summed E-state index contributed by atoms with van der Waals surface area (Å²) in [5.74, 6) is 1.21. The van der Waals surface area contributed by atoms with Crippen LogP contribution in [0.25, 0.3) is 0 Å². The Bertz CT molecular complexity index is 461. The first kappa shape index (κ1) is 14.4. The van der Waals surface area contributed by atoms with Crippen molar-refractivity contribution in [3.63, 3.8) is 0 Å². The van der Waals surface area contributed by atoms with Crippen LogP contribution in [-0.4, -0.2) is 23.9 Å². The lowest BCUT2D eigenvalue weighted by molar-refractivity contribution is -0.128. The van der Waals surface area contributed by atoms with E-state index in [0.717, 1.165) is 12.1 Å². The number of amides is 1. The van der Waals surface area contributed by atoms with Gasteiger partial charge in [-0.3, -0.25) is 10.1 Å². The smallest absolute Gasteiger partial charge is 0.238 e. The van der Waals surface area contributed by atoms with Crippen molar-refractivity contribution >= 4 is 17.5 Å². The molecule has 3 nitrogen and oxygen atoms in total. The fraction of sp³-hybridized carbons (Fsp3) is 0.533. The van der Waals surface area contributed by atoms with E-state index in [2.05, 4.69) is 26.1 Å². The molecule has 1 amide bonds. The van der Waals surface area contributed by atoms with Crippen molar-refractivity contribution in [2.24, 2.45) is 11.8 Å². The average molecular weight is 281 g/mol. The summed E-state index contributed by atoms with van der Waals surface area (Å²) in [6.45, 7) is 7.74. The van der Waals surface area contributed by atoms with Gasteiger partial charge in [-0.25, -0.2) is 0 Å². The Kier molecular flexibility index (Phi) is 4.48. The van der Waals surface area contributed by atoms with E-state index in [-0.39, 0.29) is 12.1 Å². The first-order chi connectivity index (χ1) is 8.99. The van der Waals surface area contributed by atoms with Crippen molar-refractivity contribution < 1.29 is 4.79 Å². The van der Waals surface area contributed by atoms with E-state index in [4.69, 9.17) is 11.6 Å². The normalized spacial score (nSPS) is 21.2. The zero-order valence-electron chi connectivity index (χ0n) is 11.7. The number of nitrogens with one attached hydrogen (secondary N) is 1. The minimum absolute atomic E-state index is 0.0487. The fourth-order valence-electron chi connectivity index (χ4n) is 2.24. The van der Waals surface area contributed by atoms with Crippen molar-refractivity contribution in [2.45, 2.75) is 26.9 Å². The number of benzene rings is 1. The van der Waals surface area contributed by atoms with Gasteiger partial charge in [0.05, 0.1) is 6.54 Å². The molecule has 2 atom stereocenters. The molecule has 1 heterocycles. The standard InChI is InChI=1S/C15H21ClN2O/c1-10(2)11(3)9-18-14(19)8-17-15(18)12-5-4-6-13(16)7-12/h4-7,10-11,15,17H,8-9H2,1-3H3. The predicted molar refractivity (Wildman–Crippen MR) is 77.9 cm³/mol. The Morgan fingerprint density at radius 3 is 2.79 bits per heavy atom. The molecule has 1 aromatic rings. The van der Waals surface area contributed by atoms with Gasteiger partial charge < -0.3 is 4.90 Å². The third-order valence-corrected chi connectivity index (χ3v) is 4.10. The number of nitrogens with zero attached hydrogens (tertiary/aromatic N) is 1. The van der Waals surface area contributed by atoms with E-state index >= 15 is 0 Å². The average Bonchev–Trinajstić information content (AvgIpc) is 2.71. The van der Waals surface area contributed by atoms with Gasteiger partial charge >= 0.3 is 0 Å². The van der Waals surface area contributed by atoms with Gasteiger partial charge in [-0.1, -0.05) is 44.5 Å². The molecule has 0 aliphatic carbocycles. The Balaban J connectivity index is 2.17. The molecule has 1 saturated heterocycles. The number of halogens is 1. The van der Waals surface area contributed by atoms with Crippen LogP contribution in [0.15, 0.2) is 24.3 Å². The van der Waals surface area contributed by atoms with Gasteiger partial charge in [-0.15, -0.1) is 0 Å². The van der Waals surface area contributed by atoms with Gasteiger partial charge in [0.25, 0.3) is 0 Å². The van der Waals surface area contributed by atoms with Crippen LogP contribution < -0.4 is 5.32 Å². The maximum atomic E-state index is 12.0. The monoisotopic (exact) mass is 280 g/mol. The quantitative estimate of drug-likeness (QED) is 0.919. The molecule has 19 heavy (non-hydrogen) atoms. The highest BCUT2D eigenvalue weighted by atomic mass is 35.5. The van der Waals surface area contributed by atoms with Gasteiger partial charge in [-0.2, -0.15) is 0 Å². The summed E-state index contributed by atoms with van der Waals surface area (Å²) in [7, 11) is 0. The topological polar surface area (TPSA) is 32.3 Å². The molecule has 4 heteroatoms. The van der Waals surface area contributed by atoms with Gasteiger partial charge in [0.1, 0.15) is 6.17 Å². The third kappa shape index (κ3) is 3.28. The van der Waals surface area contributed by atoms with Crippen LogP contribution in [0.5, 0.6) is 0 Å². The Labute approximate surface area is 119 Å². The summed E-state index contributed by atoms with van der Waals surface area (Å²) in [6, 6.07) is 7.70. The molecule has 2 rings (SSSR count). The lowest BCUT2D eigenvalue weighted by atomic mass is 9.97. The molecule has 0 saturated carbocycles. The molecule has 1 aliphatic heterocycles. The molecule has 1 N–H and O–H groups in total. The fourth-order valence-corrected chi connectivity index (χ4v) is 2.44. The lowest BCUT2D eigenvalue weighted by Gasteiger charge is -2.29. The van der Waals surface area contributed by atoms with E-state index < -0.39 is 0 Å². The maximum absolute atomic E-state index is 12.0. The number of carbonyl (C=O) groups is 1. The zero-order chi connectivity index (χ0) is 14.0. The van der Waals surface area contributed by atoms with Crippen LogP contribution >= 0.6 is 11.6 Å². The molecule has 1 fully saturated rings. The van der Waals surface area contributed by atoms with Gasteiger partial charge in [-0.05, 0) is 29.5 Å². The van der Waals surface area contributed by atoms with Gasteiger partial charge in [0.15, 0.2) is 0 Å². The van der Waals surface area contributed by atoms with Crippen molar-refractivity contribution in [2.75, 3.05) is 13.1 Å². The zero-order valence-corrected chi connectivity index (χ0v) is 12.4. The van der Waals surface area contributed by atoms with Crippen molar-refractivity contribution in [1.29, 1.82) is 0 Å². The minimum Gasteiger partial charge on any atom is -0.322 e. The second kappa shape index (κ2) is 5.93. The first-order valence-corrected chi connectivity index (χ1v) is 7.15. The van der Waals surface area contributed by atoms with E-state index in [1.807, 2.05) is 29.2 Å². The molecule has 0 aromatic heterocycles. The van der Waals surface area contributed by atoms with Crippen LogP contribution in [0.3, 0.4) is 0 Å². The number of hydrogen-bond acceptors (Lipinski definition) is 2. The highest BCUT2D eigenvalue weighted by Gasteiger charge is 2.32. The Morgan fingerprint density at radius 2 is 2.16 bits per heavy atom. The van der Waals surface area contributed by atoms with Crippen LogP contribution in [-0.2, 0) is 4.79 Å². The second-order valence-corrected chi connectivity index (χ2v) is 6.04. The summed E-state index contributed by atoms with van der Waals surface area (Å²) in [6.07, 6.45) is -0.0487. The molecule has 0 radical (unpaired) electrons. The van der Waals surface area contributed by atoms with E-state index in [0.29, 0.717) is 23.4 Å². The molecule has 0 bridgehead atoms. The van der Waals surface area contributed by atoms with Crippen molar-refractivity contribution in [1.82, 2.24) is 10.2 Å². The Hall–Kier alpha value is -1.06. The van der Waals surface area contributed by atoms with Crippen molar-refractivity contribution in [3.8, 4) is 0 Å². The summed E-state index contributed by atoms with van der Waals surface area (Å²) in [5, 5.41) is 3.97. The summed E-state index contributed by atoms with van der Waals surface area (Å²) in [4.78, 5) is 14.0. The SMILES string of the molecule is CC(C)C(C)CN1C(=O)CNC1c1cccc(Cl)c1. The van der Waals surface area contributed by atoms with Crippen LogP contribution in [0.4, 0.5) is 0 Å². The molecule has 104 valence electrons. The number of hydrogen-bond donors (Lipinski definition) is 1. The minimum atomic E-state index is -0.0487. The van der Waals surface area contributed by atoms with Gasteiger partial charge in [0.2, 0.25) is 5.91 Å². The van der Waals surface area contributed by atoms with E-state index in [9.17, 15) is 4.79 Å². The van der Waals surface area contributed by atoms with E-state index in [1.165, 1.54) is 0 Å². The lowest BCUT2D eigenvalue weighted by Crippen LogP contribution is -2.35. The highest BCUT2D eigenvalue weighted by molar-refractivity contribution is 6.30. The molecule has 0 spiro atoms. The van der Waals surface area contributed by atoms with Gasteiger partial charge in [0, 0.05) is 11.6 Å². The summed E-state index contributed by atoms with van der Waals surface area (Å²) in [5.41, 5.74) is 1.05. The molecule has 1 aromatic carbocycles. The maximum Gasteiger partial charge on any atom is 0.238 e. The second-order valence-electron chi connectivity index (χ2n) is 5.61. The van der Waals surface area contributed by atoms with Crippen LogP contribution in [0.1, 0.15) is 32.5 Å². The Morgan fingerprint density at radius 1 is 1.42 bits per heavy atom. The predicted octanol–water partition coefficient (Wildman–Crippen LogP) is 3.06. The number of carbonyl (C=O) groups excluding carboxylic acids is 1. The highest BCUT2D eigenvalue weighted by Crippen LogP contribution is 2.26. The van der Waals surface area contributed by atoms with Crippen molar-refractivity contribution in [3.05, 3.63) is 34.9 Å². The molecule has 2 unspecified atom stereocenters. The number of rotatable bonds is 4. The summed E-state index contributed by atoms with van der Waals surface area (Å²) < 4.78 is 0. The summed E-state index contributed by atoms with van der Waals surface area (Å²) >= 11 is 6.03. The van der Waals surface area contributed by atoms with Crippen LogP contribution in [0.2, 0.25) is 5.02 Å². The third-order valence-electron chi connectivity index (χ3n) is 3.87. The molecular formula is C15H21ClN2O. The van der Waals surface area contributed by atoms with E-state index in [1.54, 1.807) is 0 Å². The van der Waals surface area contributed by atoms with Crippen LogP contribution in [0, 0.1) is 11.8 Å². The molecule has 1 aliphatic rings.